The monoisotopic (exact) mass is 412 g/mol. The number of aliphatic imine (C=N–C) groups is 1. The summed E-state index contributed by atoms with van der Waals surface area (Å²) in [5, 5.41) is 5.43. The Hall–Kier alpha value is -2.25. The summed E-state index contributed by atoms with van der Waals surface area (Å²) in [4.78, 5) is 4.65. The van der Waals surface area contributed by atoms with Gasteiger partial charge in [-0.25, -0.2) is 4.99 Å². The van der Waals surface area contributed by atoms with Crippen LogP contribution in [0.3, 0.4) is 0 Å². The molecule has 1 fully saturated rings. The maximum absolute atomic E-state index is 5.82. The van der Waals surface area contributed by atoms with Gasteiger partial charge >= 0.3 is 0 Å². The number of benzene rings is 1. The van der Waals surface area contributed by atoms with Crippen LogP contribution in [0.5, 0.6) is 5.75 Å². The molecular weight excluding hydrogens is 384 g/mol. The van der Waals surface area contributed by atoms with Gasteiger partial charge in [0.2, 0.25) is 0 Å². The van der Waals surface area contributed by atoms with Gasteiger partial charge in [-0.3, -0.25) is 5.43 Å². The molecule has 1 aromatic carbocycles. The number of nitrogens with zero attached hydrogens (tertiary/aromatic N) is 3. The maximum Gasteiger partial charge on any atom is 0.182 e. The van der Waals surface area contributed by atoms with Gasteiger partial charge in [-0.05, 0) is 63.9 Å². The molecule has 1 atom stereocenters. The third-order valence-electron chi connectivity index (χ3n) is 5.31. The lowest BCUT2D eigenvalue weighted by atomic mass is 10.1. The van der Waals surface area contributed by atoms with E-state index in [0.29, 0.717) is 12.7 Å². The molecule has 6 nitrogen and oxygen atoms in total. The van der Waals surface area contributed by atoms with Crippen LogP contribution in [0.4, 0.5) is 5.69 Å². The maximum atomic E-state index is 5.82. The molecule has 0 unspecified atom stereocenters. The minimum Gasteiger partial charge on any atom is -0.494 e. The van der Waals surface area contributed by atoms with Crippen LogP contribution in [0.15, 0.2) is 40.4 Å². The number of thioether (sulfide) groups is 1. The van der Waals surface area contributed by atoms with E-state index in [9.17, 15) is 0 Å². The zero-order chi connectivity index (χ0) is 20.2. The van der Waals surface area contributed by atoms with Crippen LogP contribution >= 0.6 is 11.8 Å². The molecule has 1 aromatic heterocycles. The van der Waals surface area contributed by atoms with Crippen LogP contribution in [0, 0.1) is 13.8 Å². The van der Waals surface area contributed by atoms with Crippen LogP contribution in [0.1, 0.15) is 36.7 Å². The van der Waals surface area contributed by atoms with Crippen molar-refractivity contribution in [3.63, 3.8) is 0 Å². The smallest absolute Gasteiger partial charge is 0.182 e. The summed E-state index contributed by atoms with van der Waals surface area (Å²) in [6.45, 7) is 8.79. The second-order valence-electron chi connectivity index (χ2n) is 7.33. The van der Waals surface area contributed by atoms with Crippen LogP contribution in [-0.2, 0) is 11.3 Å². The molecule has 1 N–H and O–H groups in total. The molecule has 1 saturated heterocycles. The van der Waals surface area contributed by atoms with Gasteiger partial charge in [0, 0.05) is 35.9 Å². The number of ether oxygens (including phenoxy) is 2. The lowest BCUT2D eigenvalue weighted by molar-refractivity contribution is 0.0962. The Morgan fingerprint density at radius 2 is 2.14 bits per heavy atom. The van der Waals surface area contributed by atoms with E-state index < -0.39 is 0 Å². The Morgan fingerprint density at radius 3 is 2.79 bits per heavy atom. The molecule has 4 rings (SSSR count). The van der Waals surface area contributed by atoms with Gasteiger partial charge in [-0.2, -0.15) is 5.10 Å². The van der Waals surface area contributed by atoms with Crippen LogP contribution in [0.25, 0.3) is 0 Å². The Kier molecular flexibility index (Phi) is 6.25. The van der Waals surface area contributed by atoms with Gasteiger partial charge < -0.3 is 14.0 Å². The average Bonchev–Trinajstić information content (AvgIpc) is 3.34. The van der Waals surface area contributed by atoms with Crippen molar-refractivity contribution in [2.75, 3.05) is 19.0 Å². The van der Waals surface area contributed by atoms with Crippen LogP contribution in [-0.4, -0.2) is 40.5 Å². The normalized spacial score (nSPS) is 20.6. The summed E-state index contributed by atoms with van der Waals surface area (Å²) < 4.78 is 13.7. The van der Waals surface area contributed by atoms with E-state index in [0.717, 1.165) is 47.6 Å². The van der Waals surface area contributed by atoms with Gasteiger partial charge in [0.15, 0.2) is 5.17 Å². The van der Waals surface area contributed by atoms with Crippen LogP contribution < -0.4 is 10.2 Å². The number of hydrogen-bond donors (Lipinski definition) is 1. The molecule has 0 amide bonds. The zero-order valence-electron chi connectivity index (χ0n) is 17.3. The molecule has 3 heterocycles. The minimum absolute atomic E-state index is 0.335. The van der Waals surface area contributed by atoms with E-state index in [1.165, 1.54) is 23.4 Å². The van der Waals surface area contributed by atoms with Crippen molar-refractivity contribution in [2.45, 2.75) is 46.3 Å². The molecule has 2 aliphatic heterocycles. The number of hydrogen-bond acceptors (Lipinski definition) is 5. The van der Waals surface area contributed by atoms with Crippen molar-refractivity contribution in [3.8, 4) is 5.75 Å². The van der Waals surface area contributed by atoms with E-state index in [2.05, 4.69) is 40.0 Å². The quantitative estimate of drug-likeness (QED) is 0.763. The van der Waals surface area contributed by atoms with Crippen molar-refractivity contribution in [1.29, 1.82) is 0 Å². The van der Waals surface area contributed by atoms with Gasteiger partial charge in [0.1, 0.15) is 5.75 Å². The zero-order valence-corrected chi connectivity index (χ0v) is 18.1. The first kappa shape index (κ1) is 20.0. The Bertz CT molecular complexity index is 912. The van der Waals surface area contributed by atoms with Crippen molar-refractivity contribution >= 4 is 28.3 Å². The average molecular weight is 413 g/mol. The number of aryl methyl sites for hydroxylation is 1. The molecular formula is C22H28N4O2S. The highest BCUT2D eigenvalue weighted by molar-refractivity contribution is 8.14. The minimum atomic E-state index is 0.335. The van der Waals surface area contributed by atoms with Gasteiger partial charge in [-0.15, -0.1) is 0 Å². The lowest BCUT2D eigenvalue weighted by Crippen LogP contribution is -2.25. The van der Waals surface area contributed by atoms with E-state index in [-0.39, 0.29) is 0 Å². The first-order valence-corrected chi connectivity index (χ1v) is 11.2. The summed E-state index contributed by atoms with van der Waals surface area (Å²) in [7, 11) is 0. The first-order chi connectivity index (χ1) is 14.1. The SMILES string of the molecule is CCOc1ccc(N=C2NN=C(c3cc(C)n(C[C@@H]4CCCO4)c3C)CS2)cc1. The first-order valence-electron chi connectivity index (χ1n) is 10.2. The number of rotatable bonds is 6. The molecule has 29 heavy (non-hydrogen) atoms. The largest absolute Gasteiger partial charge is 0.494 e. The number of nitrogens with one attached hydrogen (secondary N) is 1. The standard InChI is InChI=1S/C22H28N4O2S/c1-4-27-18-9-7-17(8-10-18)23-22-25-24-21(14-29-22)20-12-15(2)26(16(20)3)13-19-6-5-11-28-19/h7-10,12,19H,4-6,11,13-14H2,1-3H3,(H,23,25)/t19-/m0/s1. The summed E-state index contributed by atoms with van der Waals surface area (Å²) in [6, 6.07) is 10.0. The Morgan fingerprint density at radius 1 is 1.31 bits per heavy atom. The predicted octanol–water partition coefficient (Wildman–Crippen LogP) is 4.41. The number of aromatic nitrogens is 1. The number of amidine groups is 1. The predicted molar refractivity (Wildman–Crippen MR) is 120 cm³/mol. The number of hydrazone groups is 1. The Balaban J connectivity index is 1.45. The molecule has 0 saturated carbocycles. The van der Waals surface area contributed by atoms with Gasteiger partial charge in [-0.1, -0.05) is 11.8 Å². The summed E-state index contributed by atoms with van der Waals surface area (Å²) in [6.07, 6.45) is 2.65. The molecule has 154 valence electrons. The van der Waals surface area contributed by atoms with Crippen molar-refractivity contribution in [2.24, 2.45) is 10.1 Å². The van der Waals surface area contributed by atoms with Gasteiger partial charge in [0.25, 0.3) is 0 Å². The third kappa shape index (κ3) is 4.67. The highest BCUT2D eigenvalue weighted by atomic mass is 32.2. The second-order valence-corrected chi connectivity index (χ2v) is 8.30. The summed E-state index contributed by atoms with van der Waals surface area (Å²) in [5.41, 5.74) is 8.79. The summed E-state index contributed by atoms with van der Waals surface area (Å²) in [5.74, 6) is 1.66. The second kappa shape index (κ2) is 9.05. The third-order valence-corrected chi connectivity index (χ3v) is 6.18. The highest BCUT2D eigenvalue weighted by Crippen LogP contribution is 2.25. The lowest BCUT2D eigenvalue weighted by Gasteiger charge is -2.17. The van der Waals surface area contributed by atoms with Crippen molar-refractivity contribution in [1.82, 2.24) is 9.99 Å². The van der Waals surface area contributed by atoms with E-state index in [1.54, 1.807) is 11.8 Å². The molecule has 0 spiro atoms. The topological polar surface area (TPSA) is 60.1 Å². The molecule has 2 aliphatic rings. The van der Waals surface area contributed by atoms with Gasteiger partial charge in [0.05, 0.1) is 24.1 Å². The Labute approximate surface area is 176 Å². The molecule has 0 bridgehead atoms. The van der Waals surface area contributed by atoms with Crippen LogP contribution in [0.2, 0.25) is 0 Å². The molecule has 0 aliphatic carbocycles. The van der Waals surface area contributed by atoms with E-state index in [4.69, 9.17) is 9.47 Å². The van der Waals surface area contributed by atoms with Crippen molar-refractivity contribution < 1.29 is 9.47 Å². The molecule has 0 radical (unpaired) electrons. The molecule has 2 aromatic rings. The van der Waals surface area contributed by atoms with E-state index >= 15 is 0 Å². The fourth-order valence-corrected chi connectivity index (χ4v) is 4.55. The van der Waals surface area contributed by atoms with Crippen molar-refractivity contribution in [3.05, 3.63) is 47.3 Å². The fraction of sp³-hybridized carbons (Fsp3) is 0.455. The summed E-state index contributed by atoms with van der Waals surface area (Å²) >= 11 is 1.68. The van der Waals surface area contributed by atoms with E-state index in [1.807, 2.05) is 31.2 Å². The fourth-order valence-electron chi connectivity index (χ4n) is 3.78. The molecule has 7 heteroatoms. The highest BCUT2D eigenvalue weighted by Gasteiger charge is 2.22.